The van der Waals surface area contributed by atoms with Crippen molar-refractivity contribution in [3.8, 4) is 11.5 Å². The van der Waals surface area contributed by atoms with Gasteiger partial charge in [-0.3, -0.25) is 9.59 Å². The van der Waals surface area contributed by atoms with Crippen LogP contribution < -0.4 is 36.3 Å². The molecule has 0 aliphatic rings. The Morgan fingerprint density at radius 1 is 1.05 bits per heavy atom. The van der Waals surface area contributed by atoms with Crippen LogP contribution in [-0.4, -0.2) is 64.8 Å². The van der Waals surface area contributed by atoms with Gasteiger partial charge in [0.25, 0.3) is 10.9 Å². The predicted molar refractivity (Wildman–Crippen MR) is 158 cm³/mol. The minimum Gasteiger partial charge on any atom is -0.493 e. The molecule has 39 heavy (non-hydrogen) atoms. The number of aliphatic hydroxyl groups excluding tert-OH is 1. The summed E-state index contributed by atoms with van der Waals surface area (Å²) in [6.07, 6.45) is 4.38. The van der Waals surface area contributed by atoms with Crippen molar-refractivity contribution >= 4 is 11.4 Å². The number of hydrogen-bond acceptors (Lipinski definition) is 9. The molecule has 0 saturated carbocycles. The highest BCUT2D eigenvalue weighted by atomic mass is 16.5. The molecule has 0 aromatic heterocycles. The predicted octanol–water partition coefficient (Wildman–Crippen LogP) is 3.34. The van der Waals surface area contributed by atoms with Gasteiger partial charge in [0.05, 0.1) is 19.8 Å². The highest BCUT2D eigenvalue weighted by Crippen LogP contribution is 2.31. The molecule has 2 aromatic carbocycles. The number of nitrogens with zero attached hydrogens (tertiary/aromatic N) is 1. The Bertz CT molecular complexity index is 1070. The van der Waals surface area contributed by atoms with Crippen LogP contribution in [0.4, 0.5) is 11.4 Å². The zero-order valence-electron chi connectivity index (χ0n) is 24.6. The second kappa shape index (κ2) is 16.5. The third-order valence-corrected chi connectivity index (χ3v) is 7.34. The lowest BCUT2D eigenvalue weighted by Gasteiger charge is -2.28. The number of methoxy groups -OCH3 is 2. The van der Waals surface area contributed by atoms with Crippen molar-refractivity contribution in [3.63, 3.8) is 0 Å². The molecule has 2 rings (SSSR count). The van der Waals surface area contributed by atoms with Gasteiger partial charge >= 0.3 is 0 Å². The largest absolute Gasteiger partial charge is 0.493 e. The van der Waals surface area contributed by atoms with Crippen molar-refractivity contribution in [1.29, 1.82) is 0 Å². The van der Waals surface area contributed by atoms with Crippen molar-refractivity contribution in [1.82, 2.24) is 0 Å². The molecule has 4 N–H and O–H groups in total. The molecule has 0 fully saturated rings. The number of nitrogens with one attached hydrogen (secondary N) is 1. The van der Waals surface area contributed by atoms with E-state index < -0.39 is 23.0 Å². The van der Waals surface area contributed by atoms with Crippen LogP contribution in [0.3, 0.4) is 0 Å². The van der Waals surface area contributed by atoms with E-state index in [1.54, 1.807) is 14.2 Å². The molecule has 220 valence electrons. The molecule has 2 aromatic rings. The summed E-state index contributed by atoms with van der Waals surface area (Å²) in [7, 11) is 5.11. The number of nitrogens with two attached hydrogens (primary N) is 1. The van der Waals surface area contributed by atoms with E-state index in [0.29, 0.717) is 49.3 Å². The van der Waals surface area contributed by atoms with Gasteiger partial charge in [-0.2, -0.15) is 0 Å². The van der Waals surface area contributed by atoms with Crippen LogP contribution in [0, 0.1) is 11.8 Å². The summed E-state index contributed by atoms with van der Waals surface area (Å²) in [4.78, 5) is 26.2. The zero-order chi connectivity index (χ0) is 28.9. The minimum absolute atomic E-state index is 0.106. The number of ether oxygens (including phenoxy) is 3. The molecule has 0 heterocycles. The lowest BCUT2D eigenvalue weighted by Crippen LogP contribution is -2.45. The van der Waals surface area contributed by atoms with Crippen LogP contribution >= 0.6 is 0 Å². The van der Waals surface area contributed by atoms with Gasteiger partial charge < -0.3 is 35.3 Å². The van der Waals surface area contributed by atoms with Gasteiger partial charge in [0, 0.05) is 46.3 Å². The monoisotopic (exact) mass is 547 g/mol. The van der Waals surface area contributed by atoms with E-state index >= 15 is 0 Å². The van der Waals surface area contributed by atoms with Crippen LogP contribution in [-0.2, 0) is 11.2 Å². The van der Waals surface area contributed by atoms with Crippen LogP contribution in [0.2, 0.25) is 0 Å². The Morgan fingerprint density at radius 2 is 1.79 bits per heavy atom. The van der Waals surface area contributed by atoms with Crippen LogP contribution in [0.1, 0.15) is 58.4 Å². The second-order valence-electron chi connectivity index (χ2n) is 10.7. The van der Waals surface area contributed by atoms with E-state index in [2.05, 4.69) is 26.1 Å². The van der Waals surface area contributed by atoms with E-state index in [-0.39, 0.29) is 18.2 Å². The van der Waals surface area contributed by atoms with Crippen molar-refractivity contribution in [3.05, 3.63) is 44.2 Å². The van der Waals surface area contributed by atoms with Crippen molar-refractivity contribution < 1.29 is 19.3 Å². The Hall–Kier alpha value is -2.62. The first-order valence-corrected chi connectivity index (χ1v) is 14.1. The molecule has 0 bridgehead atoms. The van der Waals surface area contributed by atoms with Gasteiger partial charge in [0.1, 0.15) is 11.4 Å². The highest BCUT2D eigenvalue weighted by molar-refractivity contribution is 5.75. The number of rotatable bonds is 20. The quantitative estimate of drug-likeness (QED) is 0.169. The Kier molecular flexibility index (Phi) is 13.8. The summed E-state index contributed by atoms with van der Waals surface area (Å²) >= 11 is 0. The average Bonchev–Trinajstić information content (AvgIpc) is 2.92. The maximum atomic E-state index is 12.2. The topological polar surface area (TPSA) is 123 Å². The maximum Gasteiger partial charge on any atom is 0.253 e. The number of aliphatic hydroxyl groups is 1. The fourth-order valence-corrected chi connectivity index (χ4v) is 4.72. The first kappa shape index (κ1) is 32.6. The van der Waals surface area contributed by atoms with E-state index in [9.17, 15) is 14.7 Å². The van der Waals surface area contributed by atoms with E-state index in [0.717, 1.165) is 37.7 Å². The van der Waals surface area contributed by atoms with Gasteiger partial charge in [-0.25, -0.2) is 0 Å². The second-order valence-corrected chi connectivity index (χ2v) is 10.7. The fourth-order valence-electron chi connectivity index (χ4n) is 4.72. The maximum absolute atomic E-state index is 12.2. The summed E-state index contributed by atoms with van der Waals surface area (Å²) in [5, 5.41) is 13.8. The van der Waals surface area contributed by atoms with Gasteiger partial charge in [-0.05, 0) is 48.8 Å². The van der Waals surface area contributed by atoms with E-state index in [4.69, 9.17) is 19.9 Å². The standard InChI is InChI=1S/C30H49N3O6/c1-7-8-9-13-33(4)28-27(29(35)30(28)36)32-19-24(34)23(31)18-22(20(2)3)16-21-11-12-25(38-6)26(17-21)39-15-10-14-37-5/h11-12,17,20,22-24,32,34H,7-10,13-16,18-19,31H2,1-6H3/t22-,23-,24-/m0/s1. The molecule has 0 saturated heterocycles. The summed E-state index contributed by atoms with van der Waals surface area (Å²) in [6.45, 7) is 8.39. The molecule has 0 aliphatic carbocycles. The molecule has 0 spiro atoms. The van der Waals surface area contributed by atoms with Gasteiger partial charge in [-0.15, -0.1) is 0 Å². The number of unbranched alkanes of at least 4 members (excludes halogenated alkanes) is 2. The summed E-state index contributed by atoms with van der Waals surface area (Å²) < 4.78 is 16.5. The van der Waals surface area contributed by atoms with Gasteiger partial charge in [0.15, 0.2) is 11.5 Å². The molecule has 0 amide bonds. The van der Waals surface area contributed by atoms with E-state index in [1.807, 2.05) is 30.1 Å². The number of benzene rings is 1. The third kappa shape index (κ3) is 9.51. The summed E-state index contributed by atoms with van der Waals surface area (Å²) in [5.41, 5.74) is 7.21. The van der Waals surface area contributed by atoms with Crippen molar-refractivity contribution in [2.45, 2.75) is 71.4 Å². The number of hydrogen-bond donors (Lipinski definition) is 3. The Morgan fingerprint density at radius 3 is 2.44 bits per heavy atom. The summed E-state index contributed by atoms with van der Waals surface area (Å²) in [5.74, 6) is 1.94. The van der Waals surface area contributed by atoms with Crippen LogP contribution in [0.15, 0.2) is 27.8 Å². The molecular formula is C30H49N3O6. The normalized spacial score (nSPS) is 13.9. The zero-order valence-corrected chi connectivity index (χ0v) is 24.6. The van der Waals surface area contributed by atoms with Crippen LogP contribution in [0.5, 0.6) is 11.5 Å². The SMILES string of the molecule is CCCCCN(C)c1c(NC[C@H](O)[C@@H](N)C[C@H](Cc2ccc(OC)c(OCCCOC)c2)C(C)C)c(=O)c1=O. The van der Waals surface area contributed by atoms with E-state index in [1.165, 1.54) is 0 Å². The fraction of sp³-hybridized carbons (Fsp3) is 0.667. The Balaban J connectivity index is 1.99. The molecule has 3 atom stereocenters. The number of anilines is 2. The first-order chi connectivity index (χ1) is 18.6. The highest BCUT2D eigenvalue weighted by Gasteiger charge is 2.27. The minimum atomic E-state index is -0.871. The molecule has 0 radical (unpaired) electrons. The first-order valence-electron chi connectivity index (χ1n) is 14.1. The summed E-state index contributed by atoms with van der Waals surface area (Å²) in [6, 6.07) is 5.46. The van der Waals surface area contributed by atoms with Gasteiger partial charge in [-0.1, -0.05) is 39.7 Å². The molecule has 0 unspecified atom stereocenters. The average molecular weight is 548 g/mol. The molecule has 9 heteroatoms. The van der Waals surface area contributed by atoms with Crippen molar-refractivity contribution in [2.75, 3.05) is 57.8 Å². The third-order valence-electron chi connectivity index (χ3n) is 7.34. The lowest BCUT2D eigenvalue weighted by molar-refractivity contribution is 0.137. The lowest BCUT2D eigenvalue weighted by atomic mass is 9.83. The molecule has 0 aliphatic heterocycles. The van der Waals surface area contributed by atoms with Crippen LogP contribution in [0.25, 0.3) is 0 Å². The molecule has 9 nitrogen and oxygen atoms in total. The smallest absolute Gasteiger partial charge is 0.253 e. The van der Waals surface area contributed by atoms with Crippen molar-refractivity contribution in [2.24, 2.45) is 17.6 Å². The molecular weight excluding hydrogens is 498 g/mol. The van der Waals surface area contributed by atoms with Gasteiger partial charge in [0.2, 0.25) is 0 Å². The Labute approximate surface area is 233 Å².